The molecule has 93 valence electrons. The minimum absolute atomic E-state index is 0. The summed E-state index contributed by atoms with van der Waals surface area (Å²) in [4.78, 5) is 22.0. The first kappa shape index (κ1) is 21.7. The van der Waals surface area contributed by atoms with Crippen molar-refractivity contribution in [2.24, 2.45) is 0 Å². The van der Waals surface area contributed by atoms with Crippen LogP contribution in [0.15, 0.2) is 17.9 Å². The third-order valence-electron chi connectivity index (χ3n) is 1.69. The van der Waals surface area contributed by atoms with Crippen molar-refractivity contribution in [3.63, 3.8) is 0 Å². The number of benzene rings is 1. The maximum absolute atomic E-state index is 11.0. The van der Waals surface area contributed by atoms with Crippen LogP contribution in [0.2, 0.25) is 0 Å². The van der Waals surface area contributed by atoms with Crippen molar-refractivity contribution in [1.29, 1.82) is 0 Å². The molecule has 3 radical (unpaired) electrons. The van der Waals surface area contributed by atoms with Crippen LogP contribution in [0.1, 0.15) is 23.6 Å². The van der Waals surface area contributed by atoms with Gasteiger partial charge in [0.2, 0.25) is 0 Å². The second-order valence-corrected chi connectivity index (χ2v) is 5.79. The third kappa shape index (κ3) is 4.18. The number of carbonyl (C=O) groups is 2. The molecule has 0 saturated carbocycles. The molecule has 0 heterocycles. The van der Waals surface area contributed by atoms with Gasteiger partial charge in [-0.25, -0.2) is 9.59 Å². The van der Waals surface area contributed by atoms with E-state index in [0.29, 0.717) is 8.95 Å². The summed E-state index contributed by atoms with van der Waals surface area (Å²) in [5, 5.41) is 18.0. The number of carboxylic acids is 2. The molecule has 0 fully saturated rings. The Labute approximate surface area is 166 Å². The van der Waals surface area contributed by atoms with Gasteiger partial charge in [-0.3, -0.25) is 0 Å². The van der Waals surface area contributed by atoms with Crippen LogP contribution in [0.25, 0.3) is 0 Å². The zero-order chi connectivity index (χ0) is 12.6. The van der Waals surface area contributed by atoms with Crippen molar-refractivity contribution in [3.8, 4) is 0 Å². The Morgan fingerprint density at radius 3 is 1.17 bits per heavy atom. The maximum atomic E-state index is 11.0. The Morgan fingerprint density at radius 1 is 0.778 bits per heavy atom. The Bertz CT molecular complexity index is 473. The van der Waals surface area contributed by atoms with E-state index in [-0.39, 0.29) is 63.3 Å². The van der Waals surface area contributed by atoms with Crippen LogP contribution in [-0.4, -0.2) is 62.6 Å². The monoisotopic (exact) mass is 531 g/mol. The summed E-state index contributed by atoms with van der Waals surface area (Å²) in [5.41, 5.74) is -0.621. The number of rotatable bonds is 2. The predicted octanol–water partition coefficient (Wildman–Crippen LogP) is 3.60. The fraction of sp³-hybridized carbons (Fsp3) is 0. The average molecular weight is 535 g/mol. The summed E-state index contributed by atoms with van der Waals surface area (Å²) < 4.78 is 1.21. The summed E-state index contributed by atoms with van der Waals surface area (Å²) in [6, 6.07) is 0. The minimum atomic E-state index is -1.32. The molecule has 0 atom stereocenters. The predicted molar refractivity (Wildman–Crippen MR) is 84.9 cm³/mol. The first-order valence-electron chi connectivity index (χ1n) is 3.61. The molecule has 1 rings (SSSR count). The van der Waals surface area contributed by atoms with Gasteiger partial charge >= 0.3 is 35.0 Å². The van der Waals surface area contributed by atoms with Gasteiger partial charge in [-0.2, -0.15) is 0 Å². The summed E-state index contributed by atoms with van der Waals surface area (Å²) in [6.07, 6.45) is 0. The molecule has 18 heavy (non-hydrogen) atoms. The van der Waals surface area contributed by atoms with E-state index in [9.17, 15) is 9.59 Å². The summed E-state index contributed by atoms with van der Waals surface area (Å²) in [5.74, 6) is -2.64. The molecular weight excluding hydrogens is 531 g/mol. The van der Waals surface area contributed by atoms with Gasteiger partial charge in [0.05, 0.1) is 11.1 Å². The van der Waals surface area contributed by atoms with Crippen molar-refractivity contribution in [2.45, 2.75) is 0 Å². The van der Waals surface area contributed by atoms with Gasteiger partial charge in [0, 0.05) is 35.3 Å². The molecule has 0 unspecified atom stereocenters. The molecule has 1 aromatic rings. The van der Waals surface area contributed by atoms with E-state index in [1.807, 2.05) is 0 Å². The van der Waals surface area contributed by atoms with Crippen LogP contribution in [0.3, 0.4) is 0 Å². The average Bonchev–Trinajstić information content (AvgIpc) is 2.18. The molecule has 4 nitrogen and oxygen atoms in total. The van der Waals surface area contributed by atoms with Gasteiger partial charge < -0.3 is 13.1 Å². The van der Waals surface area contributed by atoms with Crippen LogP contribution in [0, 0.1) is 0 Å². The molecule has 10 heteroatoms. The molecule has 2 N–H and O–H groups in total. The van der Waals surface area contributed by atoms with Crippen molar-refractivity contribution in [2.75, 3.05) is 0 Å². The van der Waals surface area contributed by atoms with Gasteiger partial charge in [0.1, 0.15) is 0 Å². The van der Waals surface area contributed by atoms with E-state index in [2.05, 4.69) is 63.7 Å². The van der Waals surface area contributed by atoms with Crippen molar-refractivity contribution in [3.05, 3.63) is 29.0 Å². The molecule has 0 aliphatic carbocycles. The van der Waals surface area contributed by atoms with E-state index in [1.165, 1.54) is 0 Å². The molecule has 0 aliphatic rings. The van der Waals surface area contributed by atoms with Crippen LogP contribution in [0.4, 0.5) is 0 Å². The van der Waals surface area contributed by atoms with E-state index < -0.39 is 11.9 Å². The number of carboxylic acid groups (broad SMARTS) is 2. The third-order valence-corrected chi connectivity index (χ3v) is 6.46. The van der Waals surface area contributed by atoms with Gasteiger partial charge in [-0.05, 0) is 63.7 Å². The fourth-order valence-corrected chi connectivity index (χ4v) is 3.49. The second-order valence-electron chi connectivity index (χ2n) is 2.62. The van der Waals surface area contributed by atoms with Crippen LogP contribution >= 0.6 is 63.7 Å². The fourth-order valence-electron chi connectivity index (χ4n) is 1.03. The number of halogens is 4. The normalized spacial score (nSPS) is 9.11. The Morgan fingerprint density at radius 2 is 1.00 bits per heavy atom. The van der Waals surface area contributed by atoms with Crippen molar-refractivity contribution >= 4 is 116 Å². The van der Waals surface area contributed by atoms with Crippen LogP contribution in [0.5, 0.6) is 0 Å². The summed E-state index contributed by atoms with van der Waals surface area (Å²) >= 11 is 12.4. The first-order chi connectivity index (χ1) is 7.29. The zero-order valence-corrected chi connectivity index (χ0v) is 17.4. The van der Waals surface area contributed by atoms with E-state index in [4.69, 9.17) is 10.2 Å². The quantitative estimate of drug-likeness (QED) is 0.345. The molecule has 0 aliphatic heterocycles. The number of hydrogen-bond acceptors (Lipinski definition) is 2. The maximum Gasteiger partial charge on any atom is 2.00 e. The topological polar surface area (TPSA) is 74.6 Å². The zero-order valence-electron chi connectivity index (χ0n) is 10.5. The second kappa shape index (κ2) is 8.62. The minimum Gasteiger partial charge on any atom is -1.00 e. The smallest absolute Gasteiger partial charge is 1.00 e. The van der Waals surface area contributed by atoms with Gasteiger partial charge in [0.15, 0.2) is 0 Å². The van der Waals surface area contributed by atoms with Gasteiger partial charge in [0.25, 0.3) is 0 Å². The molecule has 0 spiro atoms. The van der Waals surface area contributed by atoms with Crippen molar-refractivity contribution < 1.29 is 22.7 Å². The van der Waals surface area contributed by atoms with E-state index in [0.717, 1.165) is 0 Å². The largest absolute Gasteiger partial charge is 2.00 e. The number of aromatic carboxylic acids is 2. The van der Waals surface area contributed by atoms with E-state index in [1.54, 1.807) is 0 Å². The van der Waals surface area contributed by atoms with E-state index >= 15 is 0 Å². The molecule has 0 aromatic heterocycles. The SMILES string of the molecule is O=C(O)c1c(Br)c(Br)c(Br)c(Br)c1C(=O)O.[Al].[H-].[H-].[Mg+2]. The Hall–Kier alpha value is 1.38. The van der Waals surface area contributed by atoms with Crippen molar-refractivity contribution in [1.82, 2.24) is 0 Å². The van der Waals surface area contributed by atoms with Gasteiger partial charge in [-0.15, -0.1) is 0 Å². The Kier molecular flexibility index (Phi) is 10.4. The van der Waals surface area contributed by atoms with Crippen LogP contribution < -0.4 is 0 Å². The molecule has 0 amide bonds. The van der Waals surface area contributed by atoms with Gasteiger partial charge in [-0.1, -0.05) is 0 Å². The standard InChI is InChI=1S/C8H2Br4O4.Al.Mg.2H/c9-3-1(7(13)14)2(8(15)16)4(10)6(12)5(3)11;;;;/h(H,13,14)(H,15,16);;;;/q;;+2;2*-1. The molecular formula is C8H4AlBr4MgO4. The summed E-state index contributed by atoms with van der Waals surface area (Å²) in [7, 11) is 0. The molecule has 0 bridgehead atoms. The molecule has 1 aromatic carbocycles. The Balaban J connectivity index is -0.000000320. The number of hydrogen-bond donors (Lipinski definition) is 2. The first-order valence-corrected chi connectivity index (χ1v) is 6.78. The summed E-state index contributed by atoms with van der Waals surface area (Å²) in [6.45, 7) is 0. The van der Waals surface area contributed by atoms with Crippen LogP contribution in [-0.2, 0) is 0 Å². The molecule has 0 saturated heterocycles.